The first kappa shape index (κ1) is 18.6. The molecule has 0 bridgehead atoms. The number of nitrogens with zero attached hydrogens (tertiary/aromatic N) is 3. The second kappa shape index (κ2) is 7.99. The minimum atomic E-state index is -0.234. The third-order valence-corrected chi connectivity index (χ3v) is 4.34. The van der Waals surface area contributed by atoms with Crippen LogP contribution in [0.1, 0.15) is 33.0 Å². The molecular weight excluding hydrogens is 336 g/mol. The molecule has 2 aromatic carbocycles. The monoisotopic (exact) mass is 360 g/mol. The lowest BCUT2D eigenvalue weighted by atomic mass is 10.1. The number of rotatable bonds is 5. The van der Waals surface area contributed by atoms with Crippen molar-refractivity contribution in [1.82, 2.24) is 9.97 Å². The van der Waals surface area contributed by atoms with Crippen LogP contribution >= 0.6 is 0 Å². The van der Waals surface area contributed by atoms with Crippen LogP contribution in [0.5, 0.6) is 0 Å². The van der Waals surface area contributed by atoms with E-state index in [4.69, 9.17) is 0 Å². The molecule has 3 rings (SSSR count). The van der Waals surface area contributed by atoms with Crippen molar-refractivity contribution in [3.05, 3.63) is 82.8 Å². The molecule has 1 aromatic heterocycles. The highest BCUT2D eigenvalue weighted by Gasteiger charge is 2.14. The molecule has 1 amide bonds. The van der Waals surface area contributed by atoms with Gasteiger partial charge in [0, 0.05) is 25.3 Å². The fraction of sp³-hybridized carbons (Fsp3) is 0.227. The van der Waals surface area contributed by atoms with E-state index in [-0.39, 0.29) is 5.91 Å². The fourth-order valence-electron chi connectivity index (χ4n) is 2.94. The topological polar surface area (TPSA) is 58.1 Å². The van der Waals surface area contributed by atoms with Gasteiger partial charge in [0.1, 0.15) is 17.3 Å². The first-order valence-corrected chi connectivity index (χ1v) is 8.92. The predicted octanol–water partition coefficient (Wildman–Crippen LogP) is 4.29. The minimum Gasteiger partial charge on any atom is -0.355 e. The first-order chi connectivity index (χ1) is 12.9. The van der Waals surface area contributed by atoms with Crippen LogP contribution in [-0.4, -0.2) is 22.9 Å². The van der Waals surface area contributed by atoms with Crippen molar-refractivity contribution in [2.45, 2.75) is 27.3 Å². The largest absolute Gasteiger partial charge is 0.355 e. The molecule has 0 fully saturated rings. The van der Waals surface area contributed by atoms with Crippen LogP contribution in [0, 0.1) is 20.8 Å². The minimum absolute atomic E-state index is 0.234. The molecule has 0 spiro atoms. The van der Waals surface area contributed by atoms with E-state index in [1.807, 2.05) is 62.2 Å². The molecule has 27 heavy (non-hydrogen) atoms. The Labute approximate surface area is 160 Å². The number of hydrogen-bond donors (Lipinski definition) is 1. The smallest absolute Gasteiger partial charge is 0.274 e. The Morgan fingerprint density at radius 3 is 2.44 bits per heavy atom. The SMILES string of the molecule is Cc1ccc(NC(=O)c2cc(N(C)Cc3ccccc3)nc(C)n2)c(C)c1. The highest BCUT2D eigenvalue weighted by molar-refractivity contribution is 6.03. The summed E-state index contributed by atoms with van der Waals surface area (Å²) in [6, 6.07) is 17.8. The van der Waals surface area contributed by atoms with E-state index in [0.717, 1.165) is 22.6 Å². The molecule has 5 heteroatoms. The lowest BCUT2D eigenvalue weighted by Gasteiger charge is -2.19. The van der Waals surface area contributed by atoms with Gasteiger partial charge in [-0.3, -0.25) is 4.79 Å². The van der Waals surface area contributed by atoms with Crippen LogP contribution in [0.2, 0.25) is 0 Å². The number of nitrogens with one attached hydrogen (secondary N) is 1. The lowest BCUT2D eigenvalue weighted by molar-refractivity contribution is 0.102. The van der Waals surface area contributed by atoms with Crippen molar-refractivity contribution in [2.24, 2.45) is 0 Å². The molecule has 0 aliphatic rings. The second-order valence-corrected chi connectivity index (χ2v) is 6.77. The van der Waals surface area contributed by atoms with Crippen molar-refractivity contribution in [3.8, 4) is 0 Å². The quantitative estimate of drug-likeness (QED) is 0.737. The van der Waals surface area contributed by atoms with Crippen LogP contribution < -0.4 is 10.2 Å². The molecule has 1 N–H and O–H groups in total. The molecule has 0 aliphatic carbocycles. The van der Waals surface area contributed by atoms with Gasteiger partial charge in [-0.1, -0.05) is 48.0 Å². The molecule has 3 aromatic rings. The average molecular weight is 360 g/mol. The highest BCUT2D eigenvalue weighted by atomic mass is 16.1. The molecule has 5 nitrogen and oxygen atoms in total. The van der Waals surface area contributed by atoms with E-state index in [1.165, 1.54) is 5.56 Å². The zero-order valence-corrected chi connectivity index (χ0v) is 16.2. The van der Waals surface area contributed by atoms with Crippen LogP contribution in [-0.2, 0) is 6.54 Å². The zero-order valence-electron chi connectivity index (χ0n) is 16.2. The van der Waals surface area contributed by atoms with Crippen LogP contribution in [0.15, 0.2) is 54.6 Å². The van der Waals surface area contributed by atoms with Crippen LogP contribution in [0.4, 0.5) is 11.5 Å². The number of aryl methyl sites for hydroxylation is 3. The molecule has 0 aliphatic heterocycles. The second-order valence-electron chi connectivity index (χ2n) is 6.77. The number of carbonyl (C=O) groups excluding carboxylic acids is 1. The Morgan fingerprint density at radius 2 is 1.74 bits per heavy atom. The number of amides is 1. The van der Waals surface area contributed by atoms with Crippen molar-refractivity contribution in [1.29, 1.82) is 0 Å². The molecule has 0 unspecified atom stereocenters. The Balaban J connectivity index is 1.80. The third-order valence-electron chi connectivity index (χ3n) is 4.34. The van der Waals surface area contributed by atoms with Gasteiger partial charge in [-0.25, -0.2) is 9.97 Å². The van der Waals surface area contributed by atoms with E-state index >= 15 is 0 Å². The Morgan fingerprint density at radius 1 is 1.00 bits per heavy atom. The van der Waals surface area contributed by atoms with E-state index < -0.39 is 0 Å². The summed E-state index contributed by atoms with van der Waals surface area (Å²) in [5.74, 6) is 1.05. The predicted molar refractivity (Wildman–Crippen MR) is 109 cm³/mol. The highest BCUT2D eigenvalue weighted by Crippen LogP contribution is 2.19. The number of anilines is 2. The molecule has 138 valence electrons. The molecule has 0 saturated carbocycles. The molecule has 0 radical (unpaired) electrons. The molecular formula is C22H24N4O. The summed E-state index contributed by atoms with van der Waals surface area (Å²) in [4.78, 5) is 23.5. The van der Waals surface area contributed by atoms with Gasteiger partial charge < -0.3 is 10.2 Å². The summed E-state index contributed by atoms with van der Waals surface area (Å²) in [5.41, 5.74) is 4.51. The maximum absolute atomic E-state index is 12.7. The summed E-state index contributed by atoms with van der Waals surface area (Å²) in [6.45, 7) is 6.51. The number of hydrogen-bond acceptors (Lipinski definition) is 4. The normalized spacial score (nSPS) is 10.5. The van der Waals surface area contributed by atoms with Gasteiger partial charge in [-0.2, -0.15) is 0 Å². The van der Waals surface area contributed by atoms with Crippen molar-refractivity contribution in [3.63, 3.8) is 0 Å². The Hall–Kier alpha value is -3.21. The fourth-order valence-corrected chi connectivity index (χ4v) is 2.94. The van der Waals surface area contributed by atoms with E-state index in [2.05, 4.69) is 27.4 Å². The van der Waals surface area contributed by atoms with E-state index in [1.54, 1.807) is 13.0 Å². The van der Waals surface area contributed by atoms with E-state index in [0.29, 0.717) is 18.1 Å². The van der Waals surface area contributed by atoms with Gasteiger partial charge >= 0.3 is 0 Å². The zero-order chi connectivity index (χ0) is 19.4. The van der Waals surface area contributed by atoms with Crippen LogP contribution in [0.25, 0.3) is 0 Å². The van der Waals surface area contributed by atoms with Crippen molar-refractivity contribution < 1.29 is 4.79 Å². The lowest BCUT2D eigenvalue weighted by Crippen LogP contribution is -2.21. The summed E-state index contributed by atoms with van der Waals surface area (Å²) in [5, 5.41) is 2.95. The van der Waals surface area contributed by atoms with Gasteiger partial charge in [-0.15, -0.1) is 0 Å². The number of benzene rings is 2. The maximum Gasteiger partial charge on any atom is 0.274 e. The standard InChI is InChI=1S/C22H24N4O/c1-15-10-11-19(16(2)12-15)25-22(27)20-13-21(24-17(3)23-20)26(4)14-18-8-6-5-7-9-18/h5-13H,14H2,1-4H3,(H,25,27). The van der Waals surface area contributed by atoms with Crippen molar-refractivity contribution in [2.75, 3.05) is 17.3 Å². The summed E-state index contributed by atoms with van der Waals surface area (Å²) < 4.78 is 0. The van der Waals surface area contributed by atoms with Gasteiger partial charge in [0.05, 0.1) is 0 Å². The van der Waals surface area contributed by atoms with Gasteiger partial charge in [-0.05, 0) is 38.0 Å². The van der Waals surface area contributed by atoms with Gasteiger partial charge in [0.25, 0.3) is 5.91 Å². The van der Waals surface area contributed by atoms with Gasteiger partial charge in [0.15, 0.2) is 0 Å². The summed E-state index contributed by atoms with van der Waals surface area (Å²) in [7, 11) is 1.96. The third kappa shape index (κ3) is 4.70. The first-order valence-electron chi connectivity index (χ1n) is 8.92. The van der Waals surface area contributed by atoms with Crippen molar-refractivity contribution >= 4 is 17.4 Å². The molecule has 0 saturated heterocycles. The number of aromatic nitrogens is 2. The Bertz CT molecular complexity index is 954. The maximum atomic E-state index is 12.7. The molecule has 0 atom stereocenters. The Kier molecular flexibility index (Phi) is 5.50. The van der Waals surface area contributed by atoms with Gasteiger partial charge in [0.2, 0.25) is 0 Å². The summed E-state index contributed by atoms with van der Waals surface area (Å²) in [6.07, 6.45) is 0. The van der Waals surface area contributed by atoms with E-state index in [9.17, 15) is 4.79 Å². The summed E-state index contributed by atoms with van der Waals surface area (Å²) >= 11 is 0. The van der Waals surface area contributed by atoms with Crippen LogP contribution in [0.3, 0.4) is 0 Å². The molecule has 1 heterocycles. The number of carbonyl (C=O) groups is 1. The average Bonchev–Trinajstić information content (AvgIpc) is 2.64.